The highest BCUT2D eigenvalue weighted by atomic mass is 32.1. The summed E-state index contributed by atoms with van der Waals surface area (Å²) in [5.41, 5.74) is 0. The highest BCUT2D eigenvalue weighted by Gasteiger charge is 2.35. The molecule has 7 nitrogen and oxygen atoms in total. The first-order valence-corrected chi connectivity index (χ1v) is 6.30. The number of carbonyl (C=O) groups excluding carboxylic acids is 3. The second-order valence-electron chi connectivity index (χ2n) is 3.73. The second kappa shape index (κ2) is 7.03. The van der Waals surface area contributed by atoms with E-state index in [1.807, 2.05) is 0 Å². The fraction of sp³-hybridized carbons (Fsp3) is 0.636. The largest absolute Gasteiger partial charge is 0.465 e. The number of thiocarbonyl (C=S) groups is 1. The van der Waals surface area contributed by atoms with E-state index >= 15 is 0 Å². The molecule has 1 rings (SSSR count). The Morgan fingerprint density at radius 1 is 1.16 bits per heavy atom. The molecule has 0 aromatic rings. The fourth-order valence-corrected chi connectivity index (χ4v) is 1.87. The van der Waals surface area contributed by atoms with Crippen molar-refractivity contribution in [3.63, 3.8) is 0 Å². The molecule has 0 unspecified atom stereocenters. The predicted molar refractivity (Wildman–Crippen MR) is 69.2 cm³/mol. The van der Waals surface area contributed by atoms with Gasteiger partial charge in [-0.3, -0.25) is 19.3 Å². The number of ether oxygens (including phenoxy) is 2. The van der Waals surface area contributed by atoms with E-state index in [-0.39, 0.29) is 43.9 Å². The lowest BCUT2D eigenvalue weighted by Gasteiger charge is -2.18. The van der Waals surface area contributed by atoms with Crippen molar-refractivity contribution in [2.75, 3.05) is 32.8 Å². The van der Waals surface area contributed by atoms with Gasteiger partial charge in [-0.2, -0.15) is 0 Å². The molecule has 0 radical (unpaired) electrons. The molecule has 0 N–H and O–H groups in total. The normalized spacial score (nSPS) is 14.8. The van der Waals surface area contributed by atoms with Crippen LogP contribution in [0.3, 0.4) is 0 Å². The van der Waals surface area contributed by atoms with Crippen LogP contribution in [0.25, 0.3) is 0 Å². The Morgan fingerprint density at radius 3 is 2.21 bits per heavy atom. The summed E-state index contributed by atoms with van der Waals surface area (Å²) >= 11 is 5.06. The molecule has 0 aliphatic carbocycles. The average Bonchev–Trinajstić information content (AvgIpc) is 2.57. The first kappa shape index (κ1) is 15.4. The zero-order chi connectivity index (χ0) is 14.4. The third kappa shape index (κ3) is 4.16. The van der Waals surface area contributed by atoms with Gasteiger partial charge < -0.3 is 14.4 Å². The third-order valence-corrected chi connectivity index (χ3v) is 2.83. The molecule has 0 aromatic heterocycles. The molecule has 1 amide bonds. The molecule has 19 heavy (non-hydrogen) atoms. The molecule has 1 aliphatic rings. The molecule has 1 fully saturated rings. The van der Waals surface area contributed by atoms with Crippen LogP contribution < -0.4 is 0 Å². The molecule has 1 heterocycles. The molecule has 0 atom stereocenters. The Balaban J connectivity index is 2.58. The molecule has 0 spiro atoms. The minimum atomic E-state index is -0.531. The van der Waals surface area contributed by atoms with Crippen LogP contribution in [0.4, 0.5) is 0 Å². The topological polar surface area (TPSA) is 76.2 Å². The van der Waals surface area contributed by atoms with Crippen LogP contribution in [-0.4, -0.2) is 65.6 Å². The van der Waals surface area contributed by atoms with Gasteiger partial charge in [-0.15, -0.1) is 0 Å². The van der Waals surface area contributed by atoms with Crippen molar-refractivity contribution in [3.05, 3.63) is 0 Å². The molecule has 106 valence electrons. The number of nitrogens with zero attached hydrogens (tertiary/aromatic N) is 2. The van der Waals surface area contributed by atoms with E-state index in [9.17, 15) is 14.4 Å². The highest BCUT2D eigenvalue weighted by molar-refractivity contribution is 7.80. The van der Waals surface area contributed by atoms with Crippen LogP contribution in [0.15, 0.2) is 0 Å². The predicted octanol–water partition coefficient (Wildman–Crippen LogP) is -0.458. The van der Waals surface area contributed by atoms with Crippen LogP contribution in [-0.2, 0) is 23.9 Å². The van der Waals surface area contributed by atoms with Crippen LogP contribution >= 0.6 is 12.2 Å². The monoisotopic (exact) mass is 288 g/mol. The molecule has 0 aromatic carbocycles. The average molecular weight is 288 g/mol. The van der Waals surface area contributed by atoms with E-state index in [2.05, 4.69) is 0 Å². The number of hydrogen-bond donors (Lipinski definition) is 0. The van der Waals surface area contributed by atoms with E-state index in [1.54, 1.807) is 13.8 Å². The van der Waals surface area contributed by atoms with Gasteiger partial charge in [-0.1, -0.05) is 0 Å². The van der Waals surface area contributed by atoms with Crippen molar-refractivity contribution in [1.82, 2.24) is 9.80 Å². The van der Waals surface area contributed by atoms with Crippen LogP contribution in [0.1, 0.15) is 13.8 Å². The maximum Gasteiger partial charge on any atom is 0.326 e. The van der Waals surface area contributed by atoms with Gasteiger partial charge in [0.2, 0.25) is 5.91 Å². The Morgan fingerprint density at radius 2 is 1.68 bits per heavy atom. The van der Waals surface area contributed by atoms with Crippen molar-refractivity contribution in [3.8, 4) is 0 Å². The van der Waals surface area contributed by atoms with Gasteiger partial charge >= 0.3 is 11.9 Å². The van der Waals surface area contributed by atoms with Gasteiger partial charge in [-0.25, -0.2) is 0 Å². The summed E-state index contributed by atoms with van der Waals surface area (Å²) < 4.78 is 9.53. The molecular formula is C11H16N2O5S. The fourth-order valence-electron chi connectivity index (χ4n) is 1.57. The zero-order valence-electron chi connectivity index (χ0n) is 10.9. The van der Waals surface area contributed by atoms with Crippen molar-refractivity contribution >= 4 is 35.2 Å². The van der Waals surface area contributed by atoms with Gasteiger partial charge in [0, 0.05) is 0 Å². The Labute approximate surface area is 116 Å². The molecule has 0 bridgehead atoms. The quantitative estimate of drug-likeness (QED) is 0.483. The lowest BCUT2D eigenvalue weighted by molar-refractivity contribution is -0.146. The SMILES string of the molecule is CCOC(=O)CN1CC(=O)N(CC(=O)OCC)C1=S. The summed E-state index contributed by atoms with van der Waals surface area (Å²) in [4.78, 5) is 36.9. The van der Waals surface area contributed by atoms with Crippen molar-refractivity contribution in [2.45, 2.75) is 13.8 Å². The summed E-state index contributed by atoms with van der Waals surface area (Å²) in [6.45, 7) is 3.51. The van der Waals surface area contributed by atoms with Crippen molar-refractivity contribution in [2.24, 2.45) is 0 Å². The molecule has 1 aliphatic heterocycles. The summed E-state index contributed by atoms with van der Waals surface area (Å²) in [7, 11) is 0. The molecule has 1 saturated heterocycles. The summed E-state index contributed by atoms with van der Waals surface area (Å²) in [6, 6.07) is 0. The third-order valence-electron chi connectivity index (χ3n) is 2.35. The lowest BCUT2D eigenvalue weighted by atomic mass is 10.5. The summed E-state index contributed by atoms with van der Waals surface area (Å²) in [5.74, 6) is -1.32. The standard InChI is InChI=1S/C11H16N2O5S/c1-3-17-9(15)6-12-5-8(14)13(11(12)19)7-10(16)18-4-2/h3-7H2,1-2H3. The Bertz CT molecular complexity index is 399. The van der Waals surface area contributed by atoms with E-state index in [4.69, 9.17) is 21.7 Å². The number of rotatable bonds is 6. The second-order valence-corrected chi connectivity index (χ2v) is 4.09. The smallest absolute Gasteiger partial charge is 0.326 e. The molecule has 0 saturated carbocycles. The minimum absolute atomic E-state index is 0.0307. The number of amides is 1. The minimum Gasteiger partial charge on any atom is -0.465 e. The van der Waals surface area contributed by atoms with E-state index in [1.165, 1.54) is 4.90 Å². The van der Waals surface area contributed by atoms with Gasteiger partial charge in [0.15, 0.2) is 5.11 Å². The van der Waals surface area contributed by atoms with Gasteiger partial charge in [0.25, 0.3) is 0 Å². The molecular weight excluding hydrogens is 272 g/mol. The van der Waals surface area contributed by atoms with Gasteiger partial charge in [0.05, 0.1) is 13.2 Å². The first-order chi connectivity index (χ1) is 8.99. The Hall–Kier alpha value is -1.70. The highest BCUT2D eigenvalue weighted by Crippen LogP contribution is 2.10. The van der Waals surface area contributed by atoms with E-state index in [0.29, 0.717) is 0 Å². The van der Waals surface area contributed by atoms with E-state index < -0.39 is 11.9 Å². The van der Waals surface area contributed by atoms with E-state index in [0.717, 1.165) is 4.90 Å². The van der Waals surface area contributed by atoms with Crippen molar-refractivity contribution in [1.29, 1.82) is 0 Å². The summed E-state index contributed by atoms with van der Waals surface area (Å²) in [5, 5.41) is 0.145. The lowest BCUT2D eigenvalue weighted by Crippen LogP contribution is -2.39. The first-order valence-electron chi connectivity index (χ1n) is 5.90. The van der Waals surface area contributed by atoms with Crippen LogP contribution in [0.2, 0.25) is 0 Å². The summed E-state index contributed by atoms with van der Waals surface area (Å²) in [6.07, 6.45) is 0. The maximum absolute atomic E-state index is 11.7. The van der Waals surface area contributed by atoms with Gasteiger partial charge in [-0.05, 0) is 26.1 Å². The van der Waals surface area contributed by atoms with Gasteiger partial charge in [0.1, 0.15) is 19.6 Å². The maximum atomic E-state index is 11.7. The zero-order valence-corrected chi connectivity index (χ0v) is 11.7. The Kier molecular flexibility index (Phi) is 5.68. The number of carbonyl (C=O) groups is 3. The van der Waals surface area contributed by atoms with Crippen LogP contribution in [0.5, 0.6) is 0 Å². The molecule has 8 heteroatoms. The number of hydrogen-bond acceptors (Lipinski definition) is 6. The van der Waals surface area contributed by atoms with Crippen LogP contribution in [0, 0.1) is 0 Å². The van der Waals surface area contributed by atoms with Crippen molar-refractivity contribution < 1.29 is 23.9 Å². The number of esters is 2.